The van der Waals surface area contributed by atoms with Crippen LogP contribution in [-0.4, -0.2) is 20.3 Å². The van der Waals surface area contributed by atoms with Crippen molar-refractivity contribution in [2.24, 2.45) is 0 Å². The van der Waals surface area contributed by atoms with E-state index in [0.717, 1.165) is 29.8 Å². The summed E-state index contributed by atoms with van der Waals surface area (Å²) in [6.07, 6.45) is 0.929. The predicted molar refractivity (Wildman–Crippen MR) is 122 cm³/mol. The topological polar surface area (TPSA) is 39.7 Å². The molecule has 0 fully saturated rings. The molecule has 0 bridgehead atoms. The summed E-state index contributed by atoms with van der Waals surface area (Å²) in [5.41, 5.74) is 3.34. The molecule has 0 spiro atoms. The lowest BCUT2D eigenvalue weighted by molar-refractivity contribution is 0.269. The van der Waals surface area contributed by atoms with Crippen LogP contribution in [0.5, 0.6) is 17.2 Å². The Kier molecular flexibility index (Phi) is 8.42. The molecule has 0 heterocycles. The van der Waals surface area contributed by atoms with Crippen LogP contribution < -0.4 is 19.5 Å². The quantitative estimate of drug-likeness (QED) is 0.402. The minimum atomic E-state index is 0.469. The number of nitrogens with one attached hydrogen (secondary N) is 1. The fourth-order valence-corrected chi connectivity index (χ4v) is 3.30. The number of ether oxygens (including phenoxy) is 3. The highest BCUT2D eigenvalue weighted by atomic mass is 35.5. The lowest BCUT2D eigenvalue weighted by Crippen LogP contribution is -2.17. The zero-order valence-electron chi connectivity index (χ0n) is 17.5. The molecule has 0 unspecified atom stereocenters. The van der Waals surface area contributed by atoms with Crippen LogP contribution in [0.25, 0.3) is 0 Å². The Hall–Kier alpha value is -2.69. The first-order valence-corrected chi connectivity index (χ1v) is 10.5. The molecule has 1 N–H and O–H groups in total. The molecule has 3 aromatic rings. The predicted octanol–water partition coefficient (Wildman–Crippen LogP) is 5.66. The molecular formula is C25H28ClNO3. The van der Waals surface area contributed by atoms with E-state index in [1.165, 1.54) is 5.56 Å². The summed E-state index contributed by atoms with van der Waals surface area (Å²) in [6, 6.07) is 22.0. The van der Waals surface area contributed by atoms with Crippen LogP contribution in [0.3, 0.4) is 0 Å². The summed E-state index contributed by atoms with van der Waals surface area (Å²) >= 11 is 6.52. The molecule has 158 valence electrons. The molecule has 30 heavy (non-hydrogen) atoms. The van der Waals surface area contributed by atoms with E-state index in [-0.39, 0.29) is 0 Å². The Bertz CT molecular complexity index is 914. The summed E-state index contributed by atoms with van der Waals surface area (Å²) in [4.78, 5) is 0. The Morgan fingerprint density at radius 2 is 1.60 bits per heavy atom. The molecule has 4 nitrogen and oxygen atoms in total. The van der Waals surface area contributed by atoms with E-state index in [1.807, 2.05) is 61.5 Å². The molecule has 0 aliphatic rings. The molecule has 0 radical (unpaired) electrons. The van der Waals surface area contributed by atoms with Crippen molar-refractivity contribution >= 4 is 11.6 Å². The van der Waals surface area contributed by atoms with Gasteiger partial charge in [0.25, 0.3) is 0 Å². The van der Waals surface area contributed by atoms with Crippen LogP contribution in [0.2, 0.25) is 5.02 Å². The van der Waals surface area contributed by atoms with Crippen LogP contribution in [-0.2, 0) is 19.6 Å². The third-order valence-electron chi connectivity index (χ3n) is 4.71. The van der Waals surface area contributed by atoms with E-state index in [0.29, 0.717) is 36.3 Å². The van der Waals surface area contributed by atoms with Gasteiger partial charge >= 0.3 is 0 Å². The first kappa shape index (κ1) is 22.0. The van der Waals surface area contributed by atoms with Crippen LogP contribution in [0, 0.1) is 0 Å². The third kappa shape index (κ3) is 6.41. The van der Waals surface area contributed by atoms with E-state index >= 15 is 0 Å². The maximum atomic E-state index is 6.52. The third-order valence-corrected chi connectivity index (χ3v) is 5.07. The maximum Gasteiger partial charge on any atom is 0.163 e. The van der Waals surface area contributed by atoms with Gasteiger partial charge in [-0.05, 0) is 54.8 Å². The van der Waals surface area contributed by atoms with E-state index in [1.54, 1.807) is 7.11 Å². The van der Waals surface area contributed by atoms with Crippen molar-refractivity contribution in [3.05, 3.63) is 88.4 Å². The van der Waals surface area contributed by atoms with Gasteiger partial charge in [0.2, 0.25) is 0 Å². The van der Waals surface area contributed by atoms with Gasteiger partial charge in [-0.1, -0.05) is 54.1 Å². The number of benzene rings is 3. The number of hydrogen-bond acceptors (Lipinski definition) is 4. The van der Waals surface area contributed by atoms with E-state index < -0.39 is 0 Å². The number of methoxy groups -OCH3 is 1. The highest BCUT2D eigenvalue weighted by Gasteiger charge is 2.11. The van der Waals surface area contributed by atoms with Crippen molar-refractivity contribution in [3.8, 4) is 17.2 Å². The van der Waals surface area contributed by atoms with Gasteiger partial charge in [0, 0.05) is 17.6 Å². The van der Waals surface area contributed by atoms with E-state index in [4.69, 9.17) is 25.8 Å². The molecule has 0 amide bonds. The maximum absolute atomic E-state index is 6.52. The van der Waals surface area contributed by atoms with Gasteiger partial charge in [-0.15, -0.1) is 0 Å². The second kappa shape index (κ2) is 11.5. The number of hydrogen-bond donors (Lipinski definition) is 1. The van der Waals surface area contributed by atoms with Crippen LogP contribution in [0.15, 0.2) is 66.7 Å². The fourth-order valence-electron chi connectivity index (χ4n) is 3.08. The van der Waals surface area contributed by atoms with E-state index in [9.17, 15) is 0 Å². The van der Waals surface area contributed by atoms with Gasteiger partial charge < -0.3 is 19.5 Å². The number of halogens is 1. The second-order valence-electron chi connectivity index (χ2n) is 6.87. The van der Waals surface area contributed by atoms with Crippen LogP contribution in [0.4, 0.5) is 0 Å². The normalized spacial score (nSPS) is 10.6. The second-order valence-corrected chi connectivity index (χ2v) is 7.28. The molecule has 3 aromatic carbocycles. The molecule has 0 aliphatic carbocycles. The van der Waals surface area contributed by atoms with Gasteiger partial charge in [0.1, 0.15) is 12.4 Å². The Morgan fingerprint density at radius 3 is 2.30 bits per heavy atom. The van der Waals surface area contributed by atoms with Crippen molar-refractivity contribution < 1.29 is 14.2 Å². The van der Waals surface area contributed by atoms with Gasteiger partial charge in [-0.2, -0.15) is 0 Å². The van der Waals surface area contributed by atoms with Crippen molar-refractivity contribution in [3.63, 3.8) is 0 Å². The lowest BCUT2D eigenvalue weighted by atomic mass is 10.1. The Balaban J connectivity index is 1.58. The van der Waals surface area contributed by atoms with Gasteiger partial charge in [0.15, 0.2) is 11.5 Å². The summed E-state index contributed by atoms with van der Waals surface area (Å²) < 4.78 is 17.0. The first-order chi connectivity index (χ1) is 14.7. The Labute approximate surface area is 183 Å². The van der Waals surface area contributed by atoms with Crippen molar-refractivity contribution in [1.82, 2.24) is 5.32 Å². The molecule has 3 rings (SSSR count). The minimum absolute atomic E-state index is 0.469. The lowest BCUT2D eigenvalue weighted by Gasteiger charge is -2.15. The standard InChI is InChI=1S/C25H28ClNO3/c1-3-29-24-15-21(17-27-14-13-19-9-11-22(28-2)12-10-19)23(26)16-25(24)30-18-20-7-5-4-6-8-20/h4-12,15-16,27H,3,13-14,17-18H2,1-2H3. The zero-order chi connectivity index (χ0) is 21.2. The minimum Gasteiger partial charge on any atom is -0.497 e. The molecule has 0 saturated heterocycles. The summed E-state index contributed by atoms with van der Waals surface area (Å²) in [5.74, 6) is 2.24. The van der Waals surface area contributed by atoms with Crippen molar-refractivity contribution in [2.45, 2.75) is 26.5 Å². The fraction of sp³-hybridized carbons (Fsp3) is 0.280. The average molecular weight is 426 g/mol. The van der Waals surface area contributed by atoms with Crippen LogP contribution in [0.1, 0.15) is 23.6 Å². The first-order valence-electron chi connectivity index (χ1n) is 10.1. The highest BCUT2D eigenvalue weighted by Crippen LogP contribution is 2.34. The summed E-state index contributed by atoms with van der Waals surface area (Å²) in [5, 5.41) is 4.12. The van der Waals surface area contributed by atoms with Gasteiger partial charge in [-0.3, -0.25) is 0 Å². The van der Waals surface area contributed by atoms with E-state index in [2.05, 4.69) is 17.4 Å². The molecule has 5 heteroatoms. The molecule has 0 atom stereocenters. The van der Waals surface area contributed by atoms with Crippen molar-refractivity contribution in [1.29, 1.82) is 0 Å². The summed E-state index contributed by atoms with van der Waals surface area (Å²) in [7, 11) is 1.68. The highest BCUT2D eigenvalue weighted by molar-refractivity contribution is 6.31. The number of rotatable bonds is 11. The Morgan fingerprint density at radius 1 is 0.867 bits per heavy atom. The van der Waals surface area contributed by atoms with Gasteiger partial charge in [0.05, 0.1) is 13.7 Å². The molecular weight excluding hydrogens is 398 g/mol. The van der Waals surface area contributed by atoms with Crippen molar-refractivity contribution in [2.75, 3.05) is 20.3 Å². The largest absolute Gasteiger partial charge is 0.497 e. The molecule has 0 saturated carbocycles. The SMILES string of the molecule is CCOc1cc(CNCCc2ccc(OC)cc2)c(Cl)cc1OCc1ccccc1. The van der Waals surface area contributed by atoms with Gasteiger partial charge in [-0.25, -0.2) is 0 Å². The average Bonchev–Trinajstić information content (AvgIpc) is 2.78. The zero-order valence-corrected chi connectivity index (χ0v) is 18.2. The molecule has 0 aliphatic heterocycles. The summed E-state index contributed by atoms with van der Waals surface area (Å²) in [6.45, 7) is 4.50. The monoisotopic (exact) mass is 425 g/mol. The smallest absolute Gasteiger partial charge is 0.163 e. The molecule has 0 aromatic heterocycles. The van der Waals surface area contributed by atoms with Crippen LogP contribution >= 0.6 is 11.6 Å².